The van der Waals surface area contributed by atoms with Gasteiger partial charge in [-0.1, -0.05) is 32.4 Å². The van der Waals surface area contributed by atoms with Crippen LogP contribution >= 0.6 is 22.9 Å². The molecule has 1 aromatic heterocycles. The average Bonchev–Trinajstić information content (AvgIpc) is 2.60. The Morgan fingerprint density at radius 3 is 2.40 bits per heavy atom. The molecule has 0 fully saturated rings. The Bertz CT molecular complexity index is 296. The zero-order chi connectivity index (χ0) is 11.4. The van der Waals surface area contributed by atoms with Gasteiger partial charge in [-0.2, -0.15) is 0 Å². The second kappa shape index (κ2) is 5.88. The Balaban J connectivity index is 2.39. The van der Waals surface area contributed by atoms with Crippen molar-refractivity contribution in [1.82, 2.24) is 5.32 Å². The summed E-state index contributed by atoms with van der Waals surface area (Å²) in [5.74, 6) is 1.44. The van der Waals surface area contributed by atoms with Gasteiger partial charge in [-0.25, -0.2) is 0 Å². The number of nitrogens with one attached hydrogen (secondary N) is 1. The molecule has 0 saturated heterocycles. The average molecular weight is 246 g/mol. The molecule has 0 aromatic carbocycles. The minimum absolute atomic E-state index is 0.406. The van der Waals surface area contributed by atoms with E-state index < -0.39 is 0 Å². The first kappa shape index (κ1) is 13.0. The van der Waals surface area contributed by atoms with Gasteiger partial charge in [0.2, 0.25) is 0 Å². The fraction of sp³-hybridized carbons (Fsp3) is 0.667. The smallest absolute Gasteiger partial charge is 0.0931 e. The molecule has 1 N–H and O–H groups in total. The largest absolute Gasteiger partial charge is 0.309 e. The first-order valence-corrected chi connectivity index (χ1v) is 6.68. The molecule has 0 saturated carbocycles. The van der Waals surface area contributed by atoms with Gasteiger partial charge < -0.3 is 5.32 Å². The lowest BCUT2D eigenvalue weighted by Crippen LogP contribution is -2.26. The van der Waals surface area contributed by atoms with Crippen LogP contribution in [-0.4, -0.2) is 6.54 Å². The Morgan fingerprint density at radius 2 is 1.93 bits per heavy atom. The van der Waals surface area contributed by atoms with E-state index in [1.54, 1.807) is 11.3 Å². The van der Waals surface area contributed by atoms with Gasteiger partial charge in [0, 0.05) is 10.9 Å². The van der Waals surface area contributed by atoms with Crippen LogP contribution in [0.5, 0.6) is 0 Å². The molecule has 0 aliphatic carbocycles. The van der Waals surface area contributed by atoms with Crippen molar-refractivity contribution in [2.45, 2.75) is 33.7 Å². The first-order chi connectivity index (χ1) is 7.00. The highest BCUT2D eigenvalue weighted by atomic mass is 35.5. The molecule has 1 rings (SSSR count). The fourth-order valence-electron chi connectivity index (χ4n) is 1.26. The molecule has 86 valence electrons. The van der Waals surface area contributed by atoms with Crippen LogP contribution in [0.15, 0.2) is 12.1 Å². The fourth-order valence-corrected chi connectivity index (χ4v) is 2.35. The van der Waals surface area contributed by atoms with E-state index >= 15 is 0 Å². The summed E-state index contributed by atoms with van der Waals surface area (Å²) in [5.41, 5.74) is 0. The van der Waals surface area contributed by atoms with E-state index in [4.69, 9.17) is 11.6 Å². The molecule has 0 amide bonds. The second-order valence-corrected chi connectivity index (χ2v) is 6.24. The van der Waals surface area contributed by atoms with Gasteiger partial charge in [0.25, 0.3) is 0 Å². The van der Waals surface area contributed by atoms with Crippen molar-refractivity contribution >= 4 is 22.9 Å². The summed E-state index contributed by atoms with van der Waals surface area (Å²) < 4.78 is 0.871. The van der Waals surface area contributed by atoms with Crippen LogP contribution in [0, 0.1) is 11.8 Å². The summed E-state index contributed by atoms with van der Waals surface area (Å²) in [7, 11) is 0. The number of rotatable bonds is 5. The van der Waals surface area contributed by atoms with E-state index in [1.165, 1.54) is 4.88 Å². The molecular weight excluding hydrogens is 226 g/mol. The third kappa shape index (κ3) is 4.13. The van der Waals surface area contributed by atoms with E-state index in [1.807, 2.05) is 6.07 Å². The summed E-state index contributed by atoms with van der Waals surface area (Å²) in [6.45, 7) is 10.1. The predicted molar refractivity (Wildman–Crippen MR) is 69.7 cm³/mol. The molecule has 3 heteroatoms. The topological polar surface area (TPSA) is 12.0 Å². The van der Waals surface area contributed by atoms with Crippen LogP contribution in [-0.2, 0) is 0 Å². The van der Waals surface area contributed by atoms with Crippen molar-refractivity contribution in [2.24, 2.45) is 11.8 Å². The zero-order valence-electron chi connectivity index (χ0n) is 9.88. The van der Waals surface area contributed by atoms with E-state index in [0.29, 0.717) is 12.0 Å². The van der Waals surface area contributed by atoms with Gasteiger partial charge in [0.1, 0.15) is 0 Å². The second-order valence-electron chi connectivity index (χ2n) is 4.49. The van der Waals surface area contributed by atoms with Crippen molar-refractivity contribution < 1.29 is 0 Å². The summed E-state index contributed by atoms with van der Waals surface area (Å²) in [4.78, 5) is 1.32. The minimum atomic E-state index is 0.406. The predicted octanol–water partition coefficient (Wildman–Crippen LogP) is 4.34. The summed E-state index contributed by atoms with van der Waals surface area (Å²) in [6.07, 6.45) is 0. The van der Waals surface area contributed by atoms with E-state index in [2.05, 4.69) is 39.1 Å². The molecule has 1 heterocycles. The molecule has 1 nitrogen and oxygen atoms in total. The van der Waals surface area contributed by atoms with Crippen molar-refractivity contribution in [3.63, 3.8) is 0 Å². The van der Waals surface area contributed by atoms with Crippen LogP contribution in [0.4, 0.5) is 0 Å². The maximum absolute atomic E-state index is 5.91. The highest BCUT2D eigenvalue weighted by molar-refractivity contribution is 7.16. The Labute approximate surface area is 102 Å². The third-order valence-electron chi connectivity index (χ3n) is 2.90. The molecule has 0 aliphatic rings. The molecule has 0 radical (unpaired) electrons. The zero-order valence-corrected chi connectivity index (χ0v) is 11.5. The maximum atomic E-state index is 5.91. The number of hydrogen-bond donors (Lipinski definition) is 1. The van der Waals surface area contributed by atoms with Crippen molar-refractivity contribution in [1.29, 1.82) is 0 Å². The minimum Gasteiger partial charge on any atom is -0.309 e. The van der Waals surface area contributed by atoms with Crippen molar-refractivity contribution in [3.8, 4) is 0 Å². The van der Waals surface area contributed by atoms with Crippen molar-refractivity contribution in [3.05, 3.63) is 21.3 Å². The van der Waals surface area contributed by atoms with E-state index in [-0.39, 0.29) is 0 Å². The van der Waals surface area contributed by atoms with Gasteiger partial charge in [0.15, 0.2) is 0 Å². The lowest BCUT2D eigenvalue weighted by atomic mass is 9.98. The van der Waals surface area contributed by atoms with Gasteiger partial charge >= 0.3 is 0 Å². The lowest BCUT2D eigenvalue weighted by molar-refractivity contribution is 0.377. The van der Waals surface area contributed by atoms with Gasteiger partial charge in [-0.05, 0) is 37.4 Å². The highest BCUT2D eigenvalue weighted by Crippen LogP contribution is 2.26. The molecule has 0 bridgehead atoms. The molecule has 0 spiro atoms. The van der Waals surface area contributed by atoms with E-state index in [0.717, 1.165) is 16.8 Å². The highest BCUT2D eigenvalue weighted by Gasteiger charge is 2.11. The quantitative estimate of drug-likeness (QED) is 0.814. The van der Waals surface area contributed by atoms with Gasteiger partial charge in [0.05, 0.1) is 4.34 Å². The maximum Gasteiger partial charge on any atom is 0.0931 e. The van der Waals surface area contributed by atoms with Gasteiger partial charge in [-0.3, -0.25) is 0 Å². The summed E-state index contributed by atoms with van der Waals surface area (Å²) in [6, 6.07) is 4.47. The Kier molecular flexibility index (Phi) is 5.10. The monoisotopic (exact) mass is 245 g/mol. The summed E-state index contributed by atoms with van der Waals surface area (Å²) in [5, 5.41) is 3.55. The molecular formula is C12H20ClNS. The first-order valence-electron chi connectivity index (χ1n) is 5.49. The Morgan fingerprint density at radius 1 is 1.27 bits per heavy atom. The molecule has 15 heavy (non-hydrogen) atoms. The molecule has 2 unspecified atom stereocenters. The lowest BCUT2D eigenvalue weighted by Gasteiger charge is -2.19. The van der Waals surface area contributed by atoms with Crippen LogP contribution < -0.4 is 5.32 Å². The number of hydrogen-bond acceptors (Lipinski definition) is 2. The van der Waals surface area contributed by atoms with Gasteiger partial charge in [-0.15, -0.1) is 11.3 Å². The van der Waals surface area contributed by atoms with Crippen LogP contribution in [0.25, 0.3) is 0 Å². The standard InChI is InChI=1S/C12H20ClNS/c1-8(2)9(3)7-14-10(4)11-5-6-12(13)15-11/h5-6,8-10,14H,7H2,1-4H3. The van der Waals surface area contributed by atoms with Crippen molar-refractivity contribution in [2.75, 3.05) is 6.54 Å². The molecule has 1 aromatic rings. The van der Waals surface area contributed by atoms with Crippen LogP contribution in [0.1, 0.15) is 38.6 Å². The molecule has 0 aliphatic heterocycles. The Hall–Kier alpha value is -0.0500. The number of thiophene rings is 1. The normalized spacial score (nSPS) is 15.6. The SMILES string of the molecule is CC(NCC(C)C(C)C)c1ccc(Cl)s1. The third-order valence-corrected chi connectivity index (χ3v) is 4.32. The number of halogens is 1. The van der Waals surface area contributed by atoms with Crippen LogP contribution in [0.3, 0.4) is 0 Å². The van der Waals surface area contributed by atoms with Crippen LogP contribution in [0.2, 0.25) is 4.34 Å². The molecule has 2 atom stereocenters. The van der Waals surface area contributed by atoms with E-state index in [9.17, 15) is 0 Å². The summed E-state index contributed by atoms with van der Waals surface area (Å²) >= 11 is 7.57.